The first-order valence-electron chi connectivity index (χ1n) is 7.65. The summed E-state index contributed by atoms with van der Waals surface area (Å²) in [5.74, 6) is -3.46. The lowest BCUT2D eigenvalue weighted by Crippen LogP contribution is -2.47. The van der Waals surface area contributed by atoms with Gasteiger partial charge in [0.2, 0.25) is 15.9 Å². The number of hydrogen-bond donors (Lipinski definition) is 1. The molecule has 5 nitrogen and oxygen atoms in total. The molecule has 0 saturated heterocycles. The number of amides is 1. The molecule has 0 aliphatic carbocycles. The Morgan fingerprint density at radius 2 is 1.62 bits per heavy atom. The van der Waals surface area contributed by atoms with E-state index < -0.39 is 45.1 Å². The van der Waals surface area contributed by atoms with Crippen LogP contribution in [0.4, 0.5) is 24.5 Å². The van der Waals surface area contributed by atoms with E-state index in [1.807, 2.05) is 0 Å². The average molecular weight is 386 g/mol. The van der Waals surface area contributed by atoms with E-state index >= 15 is 0 Å². The minimum Gasteiger partial charge on any atom is -0.319 e. The summed E-state index contributed by atoms with van der Waals surface area (Å²) in [4.78, 5) is 12.6. The first-order chi connectivity index (χ1) is 12.1. The molecule has 9 heteroatoms. The summed E-state index contributed by atoms with van der Waals surface area (Å²) in [5, 5.41) is 2.09. The summed E-state index contributed by atoms with van der Waals surface area (Å²) in [6.45, 7) is 1.55. The van der Waals surface area contributed by atoms with Crippen molar-refractivity contribution in [2.45, 2.75) is 19.4 Å². The van der Waals surface area contributed by atoms with Gasteiger partial charge in [0.1, 0.15) is 29.2 Å². The Kier molecular flexibility index (Phi) is 5.91. The van der Waals surface area contributed by atoms with Gasteiger partial charge in [-0.2, -0.15) is 0 Å². The largest absolute Gasteiger partial charge is 0.319 e. The van der Waals surface area contributed by atoms with Crippen molar-refractivity contribution < 1.29 is 26.4 Å². The van der Waals surface area contributed by atoms with Crippen LogP contribution in [0.15, 0.2) is 42.5 Å². The number of rotatable bonds is 6. The third kappa shape index (κ3) is 4.34. The molecule has 26 heavy (non-hydrogen) atoms. The maximum Gasteiger partial charge on any atom is 0.248 e. The quantitative estimate of drug-likeness (QED) is 0.829. The number of para-hydroxylation sites is 1. The first kappa shape index (κ1) is 19.8. The fraction of sp³-hybridized carbons (Fsp3) is 0.235. The molecule has 0 aliphatic rings. The molecular weight excluding hydrogens is 369 g/mol. The predicted molar refractivity (Wildman–Crippen MR) is 92.8 cm³/mol. The SMILES string of the molecule is CCC(C(=O)Nc1c(F)cccc1F)N(c1ccc(F)cc1)S(C)(=O)=O. The minimum absolute atomic E-state index is 0.0202. The van der Waals surface area contributed by atoms with Gasteiger partial charge in [-0.3, -0.25) is 9.10 Å². The minimum atomic E-state index is -3.94. The van der Waals surface area contributed by atoms with E-state index in [0.29, 0.717) is 0 Å². The number of hydrogen-bond acceptors (Lipinski definition) is 3. The zero-order chi connectivity index (χ0) is 19.5. The maximum absolute atomic E-state index is 13.8. The molecule has 2 rings (SSSR count). The molecule has 140 valence electrons. The van der Waals surface area contributed by atoms with Crippen LogP contribution < -0.4 is 9.62 Å². The van der Waals surface area contributed by atoms with Crippen molar-refractivity contribution in [1.29, 1.82) is 0 Å². The van der Waals surface area contributed by atoms with Gasteiger partial charge in [-0.05, 0) is 42.8 Å². The molecule has 0 saturated carbocycles. The Balaban J connectivity index is 2.41. The molecule has 2 aromatic carbocycles. The van der Waals surface area contributed by atoms with E-state index in [-0.39, 0.29) is 12.1 Å². The van der Waals surface area contributed by atoms with Crippen molar-refractivity contribution in [1.82, 2.24) is 0 Å². The van der Waals surface area contributed by atoms with Crippen LogP contribution in [0.3, 0.4) is 0 Å². The van der Waals surface area contributed by atoms with E-state index in [9.17, 15) is 26.4 Å². The number of nitrogens with one attached hydrogen (secondary N) is 1. The van der Waals surface area contributed by atoms with Crippen LogP contribution in [0.1, 0.15) is 13.3 Å². The smallest absolute Gasteiger partial charge is 0.248 e. The maximum atomic E-state index is 13.8. The first-order valence-corrected chi connectivity index (χ1v) is 9.49. The van der Waals surface area contributed by atoms with Crippen LogP contribution in [-0.2, 0) is 14.8 Å². The molecule has 0 heterocycles. The molecule has 1 N–H and O–H groups in total. The number of anilines is 2. The molecule has 0 bridgehead atoms. The number of halogens is 3. The summed E-state index contributed by atoms with van der Waals surface area (Å²) in [5.41, 5.74) is -0.603. The van der Waals surface area contributed by atoms with Gasteiger partial charge in [-0.1, -0.05) is 13.0 Å². The Morgan fingerprint density at radius 1 is 1.08 bits per heavy atom. The van der Waals surface area contributed by atoms with Crippen LogP contribution in [0.25, 0.3) is 0 Å². The van der Waals surface area contributed by atoms with Gasteiger partial charge in [0.05, 0.1) is 11.9 Å². The second-order valence-electron chi connectivity index (χ2n) is 5.55. The van der Waals surface area contributed by atoms with Gasteiger partial charge < -0.3 is 5.32 Å². The summed E-state index contributed by atoms with van der Waals surface area (Å²) in [7, 11) is -3.94. The fourth-order valence-corrected chi connectivity index (χ4v) is 3.68. The predicted octanol–water partition coefficient (Wildman–Crippen LogP) is 3.29. The van der Waals surface area contributed by atoms with Crippen molar-refractivity contribution in [3.05, 3.63) is 59.9 Å². The highest BCUT2D eigenvalue weighted by atomic mass is 32.2. The van der Waals surface area contributed by atoms with Gasteiger partial charge in [-0.15, -0.1) is 0 Å². The number of carbonyl (C=O) groups is 1. The van der Waals surface area contributed by atoms with Crippen LogP contribution in [-0.4, -0.2) is 26.6 Å². The summed E-state index contributed by atoms with van der Waals surface area (Å²) >= 11 is 0. The van der Waals surface area contributed by atoms with Crippen LogP contribution in [0.5, 0.6) is 0 Å². The molecule has 0 radical (unpaired) electrons. The molecule has 0 aliphatic heterocycles. The molecule has 2 aromatic rings. The fourth-order valence-electron chi connectivity index (χ4n) is 2.47. The summed E-state index contributed by atoms with van der Waals surface area (Å²) in [6.07, 6.45) is 0.905. The van der Waals surface area contributed by atoms with Crippen LogP contribution >= 0.6 is 0 Å². The monoisotopic (exact) mass is 386 g/mol. The number of nitrogens with zero attached hydrogens (tertiary/aromatic N) is 1. The number of benzene rings is 2. The highest BCUT2D eigenvalue weighted by molar-refractivity contribution is 7.92. The lowest BCUT2D eigenvalue weighted by Gasteiger charge is -2.30. The van der Waals surface area contributed by atoms with E-state index in [0.717, 1.165) is 40.9 Å². The van der Waals surface area contributed by atoms with Crippen molar-refractivity contribution in [3.63, 3.8) is 0 Å². The zero-order valence-corrected chi connectivity index (χ0v) is 14.9. The molecule has 0 fully saturated rings. The average Bonchev–Trinajstić information content (AvgIpc) is 2.56. The van der Waals surface area contributed by atoms with Crippen molar-refractivity contribution in [3.8, 4) is 0 Å². The normalized spacial score (nSPS) is 12.5. The number of sulfonamides is 1. The lowest BCUT2D eigenvalue weighted by molar-refractivity contribution is -0.117. The van der Waals surface area contributed by atoms with Crippen LogP contribution in [0, 0.1) is 17.5 Å². The Labute approximate surface area is 149 Å². The Hall–Kier alpha value is -2.55. The standard InChI is InChI=1S/C17H17F3N2O3S/c1-3-15(17(23)21-16-13(19)5-4-6-14(16)20)22(26(2,24)25)12-9-7-11(18)8-10-12/h4-10,15H,3H2,1-2H3,(H,21,23). The van der Waals surface area contributed by atoms with E-state index in [4.69, 9.17) is 0 Å². The van der Waals surface area contributed by atoms with Gasteiger partial charge in [0, 0.05) is 0 Å². The molecular formula is C17H17F3N2O3S. The second kappa shape index (κ2) is 7.77. The van der Waals surface area contributed by atoms with Crippen LogP contribution in [0.2, 0.25) is 0 Å². The topological polar surface area (TPSA) is 66.5 Å². The van der Waals surface area contributed by atoms with Crippen molar-refractivity contribution >= 4 is 27.3 Å². The zero-order valence-electron chi connectivity index (χ0n) is 14.0. The highest BCUT2D eigenvalue weighted by Crippen LogP contribution is 2.25. The summed E-state index contributed by atoms with van der Waals surface area (Å²) < 4.78 is 65.9. The molecule has 1 unspecified atom stereocenters. The Bertz CT molecular complexity index is 882. The molecule has 1 atom stereocenters. The molecule has 0 aromatic heterocycles. The second-order valence-corrected chi connectivity index (χ2v) is 7.40. The third-order valence-corrected chi connectivity index (χ3v) is 4.80. The molecule has 0 spiro atoms. The highest BCUT2D eigenvalue weighted by Gasteiger charge is 2.32. The van der Waals surface area contributed by atoms with Crippen molar-refractivity contribution in [2.75, 3.05) is 15.9 Å². The van der Waals surface area contributed by atoms with Gasteiger partial charge >= 0.3 is 0 Å². The van der Waals surface area contributed by atoms with E-state index in [1.54, 1.807) is 6.92 Å². The molecule has 1 amide bonds. The number of carbonyl (C=O) groups excluding carboxylic acids is 1. The van der Waals surface area contributed by atoms with Gasteiger partial charge in [0.25, 0.3) is 0 Å². The van der Waals surface area contributed by atoms with Gasteiger partial charge in [-0.25, -0.2) is 21.6 Å². The van der Waals surface area contributed by atoms with E-state index in [2.05, 4.69) is 5.32 Å². The van der Waals surface area contributed by atoms with Crippen molar-refractivity contribution in [2.24, 2.45) is 0 Å². The van der Waals surface area contributed by atoms with Gasteiger partial charge in [0.15, 0.2) is 0 Å². The third-order valence-electron chi connectivity index (χ3n) is 3.62. The Morgan fingerprint density at radius 3 is 2.08 bits per heavy atom. The van der Waals surface area contributed by atoms with E-state index in [1.165, 1.54) is 12.1 Å². The summed E-state index contributed by atoms with van der Waals surface area (Å²) in [6, 6.07) is 6.30. The lowest BCUT2D eigenvalue weighted by atomic mass is 10.1.